The first kappa shape index (κ1) is 15.1. The summed E-state index contributed by atoms with van der Waals surface area (Å²) in [7, 11) is 1.66. The van der Waals surface area contributed by atoms with Crippen molar-refractivity contribution in [2.45, 2.75) is 6.42 Å². The Labute approximate surface area is 140 Å². The fourth-order valence-electron chi connectivity index (χ4n) is 2.44. The van der Waals surface area contributed by atoms with E-state index in [2.05, 4.69) is 11.1 Å². The van der Waals surface area contributed by atoms with Crippen LogP contribution in [0.4, 0.5) is 0 Å². The van der Waals surface area contributed by atoms with Crippen LogP contribution in [-0.4, -0.2) is 19.4 Å². The smallest absolute Gasteiger partial charge is 0.118 e. The van der Waals surface area contributed by atoms with Crippen LogP contribution in [-0.2, 0) is 0 Å². The van der Waals surface area contributed by atoms with Crippen molar-refractivity contribution in [3.8, 4) is 5.75 Å². The molecule has 0 radical (unpaired) electrons. The molecule has 3 rings (SSSR count). The molecule has 2 aromatic rings. The molecule has 1 aliphatic heterocycles. The Bertz CT molecular complexity index is 748. The molecule has 0 saturated carbocycles. The van der Waals surface area contributed by atoms with Crippen molar-refractivity contribution in [1.82, 2.24) is 0 Å². The van der Waals surface area contributed by atoms with Gasteiger partial charge in [-0.15, -0.1) is 0 Å². The molecule has 22 heavy (non-hydrogen) atoms. The van der Waals surface area contributed by atoms with E-state index in [4.69, 9.17) is 27.9 Å². The third kappa shape index (κ3) is 3.18. The molecule has 0 fully saturated rings. The number of hydrogen-bond acceptors (Lipinski definition) is 2. The molecule has 0 aliphatic carbocycles. The van der Waals surface area contributed by atoms with E-state index in [1.807, 2.05) is 42.5 Å². The second kappa shape index (κ2) is 6.55. The van der Waals surface area contributed by atoms with Crippen LogP contribution in [0.15, 0.2) is 53.5 Å². The van der Waals surface area contributed by atoms with E-state index < -0.39 is 0 Å². The Morgan fingerprint density at radius 1 is 0.955 bits per heavy atom. The number of rotatable bonds is 3. The first-order chi connectivity index (χ1) is 10.7. The van der Waals surface area contributed by atoms with Crippen molar-refractivity contribution in [2.24, 2.45) is 4.99 Å². The van der Waals surface area contributed by atoms with Crippen LogP contribution in [0.25, 0.3) is 5.57 Å². The van der Waals surface area contributed by atoms with Gasteiger partial charge in [0.25, 0.3) is 0 Å². The first-order valence-electron chi connectivity index (χ1n) is 7.02. The van der Waals surface area contributed by atoms with E-state index in [0.717, 1.165) is 35.6 Å². The van der Waals surface area contributed by atoms with Gasteiger partial charge in [0.1, 0.15) is 5.75 Å². The van der Waals surface area contributed by atoms with E-state index >= 15 is 0 Å². The van der Waals surface area contributed by atoms with Gasteiger partial charge in [-0.05, 0) is 65.6 Å². The molecule has 0 aromatic heterocycles. The first-order valence-corrected chi connectivity index (χ1v) is 7.78. The second-order valence-electron chi connectivity index (χ2n) is 5.04. The molecule has 2 nitrogen and oxygen atoms in total. The predicted octanol–water partition coefficient (Wildman–Crippen LogP) is 5.28. The minimum absolute atomic E-state index is 0.575. The van der Waals surface area contributed by atoms with Gasteiger partial charge in [0.2, 0.25) is 0 Å². The molecule has 0 amide bonds. The summed E-state index contributed by atoms with van der Waals surface area (Å²) in [4.78, 5) is 4.61. The summed E-state index contributed by atoms with van der Waals surface area (Å²) in [6.07, 6.45) is 3.02. The average molecular weight is 332 g/mol. The number of aliphatic imine (C=N–C) groups is 1. The number of allylic oxidation sites excluding steroid dienone is 1. The van der Waals surface area contributed by atoms with Gasteiger partial charge in [-0.2, -0.15) is 0 Å². The van der Waals surface area contributed by atoms with Crippen molar-refractivity contribution in [3.63, 3.8) is 0 Å². The molecule has 112 valence electrons. The molecular formula is C18H15Cl2NO. The Hall–Kier alpha value is -1.77. The van der Waals surface area contributed by atoms with Crippen LogP contribution in [0.1, 0.15) is 17.5 Å². The van der Waals surface area contributed by atoms with Crippen molar-refractivity contribution in [2.75, 3.05) is 13.7 Å². The third-order valence-electron chi connectivity index (χ3n) is 3.65. The van der Waals surface area contributed by atoms with E-state index in [-0.39, 0.29) is 0 Å². The van der Waals surface area contributed by atoms with Crippen LogP contribution >= 0.6 is 23.2 Å². The maximum Gasteiger partial charge on any atom is 0.118 e. The average Bonchev–Trinajstić information content (AvgIpc) is 2.57. The van der Waals surface area contributed by atoms with E-state index in [9.17, 15) is 0 Å². The number of hydrogen-bond donors (Lipinski definition) is 0. The summed E-state index contributed by atoms with van der Waals surface area (Å²) in [6.45, 7) is 0.771. The molecule has 0 atom stereocenters. The van der Waals surface area contributed by atoms with Crippen LogP contribution in [0.5, 0.6) is 5.75 Å². The summed E-state index contributed by atoms with van der Waals surface area (Å²) in [6, 6.07) is 13.7. The third-order valence-corrected chi connectivity index (χ3v) is 4.39. The van der Waals surface area contributed by atoms with Gasteiger partial charge in [-0.1, -0.05) is 29.3 Å². The number of methoxy groups -OCH3 is 1. The Morgan fingerprint density at radius 2 is 1.68 bits per heavy atom. The Morgan fingerprint density at radius 3 is 2.36 bits per heavy atom. The highest BCUT2D eigenvalue weighted by Gasteiger charge is 2.12. The number of dihydropyridines is 1. The normalized spacial score (nSPS) is 14.3. The van der Waals surface area contributed by atoms with Gasteiger partial charge < -0.3 is 4.74 Å². The van der Waals surface area contributed by atoms with Gasteiger partial charge in [-0.3, -0.25) is 4.99 Å². The highest BCUT2D eigenvalue weighted by atomic mass is 35.5. The number of benzene rings is 2. The molecule has 0 spiro atoms. The molecule has 0 bridgehead atoms. The molecule has 4 heteroatoms. The SMILES string of the molecule is COc1ccc(C2=NCCC(c3ccc(Cl)c(Cl)c3)=C2)cc1. The Kier molecular flexibility index (Phi) is 4.51. The quantitative estimate of drug-likeness (QED) is 0.749. The molecule has 0 saturated heterocycles. The van der Waals surface area contributed by atoms with Crippen LogP contribution in [0.2, 0.25) is 10.0 Å². The van der Waals surface area contributed by atoms with Gasteiger partial charge in [0.05, 0.1) is 22.9 Å². The van der Waals surface area contributed by atoms with Crippen LogP contribution in [0.3, 0.4) is 0 Å². The molecule has 0 N–H and O–H groups in total. The second-order valence-corrected chi connectivity index (χ2v) is 5.86. The molecule has 2 aromatic carbocycles. The van der Waals surface area contributed by atoms with Gasteiger partial charge >= 0.3 is 0 Å². The maximum atomic E-state index is 6.12. The number of nitrogens with zero attached hydrogens (tertiary/aromatic N) is 1. The molecule has 1 heterocycles. The summed E-state index contributed by atoms with van der Waals surface area (Å²) >= 11 is 12.1. The van der Waals surface area contributed by atoms with Crippen molar-refractivity contribution < 1.29 is 4.74 Å². The van der Waals surface area contributed by atoms with Crippen LogP contribution < -0.4 is 4.74 Å². The van der Waals surface area contributed by atoms with E-state index in [1.54, 1.807) is 7.11 Å². The van der Waals surface area contributed by atoms with E-state index in [0.29, 0.717) is 10.0 Å². The monoisotopic (exact) mass is 331 g/mol. The predicted molar refractivity (Wildman–Crippen MR) is 93.5 cm³/mol. The summed E-state index contributed by atoms with van der Waals surface area (Å²) in [5.74, 6) is 0.842. The lowest BCUT2D eigenvalue weighted by Crippen LogP contribution is -2.06. The summed E-state index contributed by atoms with van der Waals surface area (Å²) in [5, 5.41) is 1.15. The Balaban J connectivity index is 1.92. The fraction of sp³-hybridized carbons (Fsp3) is 0.167. The fourth-order valence-corrected chi connectivity index (χ4v) is 2.74. The van der Waals surface area contributed by atoms with Crippen molar-refractivity contribution >= 4 is 34.5 Å². The minimum atomic E-state index is 0.575. The number of ether oxygens (including phenoxy) is 1. The van der Waals surface area contributed by atoms with Gasteiger partial charge in [-0.25, -0.2) is 0 Å². The summed E-state index contributed by atoms with van der Waals surface area (Å²) < 4.78 is 5.19. The van der Waals surface area contributed by atoms with Crippen molar-refractivity contribution in [3.05, 3.63) is 69.7 Å². The van der Waals surface area contributed by atoms with Crippen molar-refractivity contribution in [1.29, 1.82) is 0 Å². The maximum absolute atomic E-state index is 6.12. The highest BCUT2D eigenvalue weighted by molar-refractivity contribution is 6.42. The minimum Gasteiger partial charge on any atom is -0.497 e. The zero-order valence-electron chi connectivity index (χ0n) is 12.1. The largest absolute Gasteiger partial charge is 0.497 e. The van der Waals surface area contributed by atoms with Gasteiger partial charge in [0.15, 0.2) is 0 Å². The number of halogens is 2. The zero-order valence-corrected chi connectivity index (χ0v) is 13.7. The lowest BCUT2D eigenvalue weighted by molar-refractivity contribution is 0.415. The standard InChI is InChI=1S/C18H15Cl2NO/c1-22-15-5-2-12(3-6-15)18-11-14(8-9-21-18)13-4-7-16(19)17(20)10-13/h2-7,10-11H,8-9H2,1H3. The lowest BCUT2D eigenvalue weighted by atomic mass is 9.96. The summed E-state index contributed by atoms with van der Waals surface area (Å²) in [5.41, 5.74) is 4.38. The topological polar surface area (TPSA) is 21.6 Å². The van der Waals surface area contributed by atoms with Crippen LogP contribution in [0, 0.1) is 0 Å². The molecule has 1 aliphatic rings. The molecule has 0 unspecified atom stereocenters. The molecular weight excluding hydrogens is 317 g/mol. The highest BCUT2D eigenvalue weighted by Crippen LogP contribution is 2.29. The van der Waals surface area contributed by atoms with E-state index in [1.165, 1.54) is 5.57 Å². The zero-order chi connectivity index (χ0) is 15.5. The van der Waals surface area contributed by atoms with Gasteiger partial charge in [0, 0.05) is 6.54 Å². The lowest BCUT2D eigenvalue weighted by Gasteiger charge is -2.14.